The summed E-state index contributed by atoms with van der Waals surface area (Å²) in [6, 6.07) is 1.49. The molecule has 2 aliphatic rings. The first-order valence-corrected chi connectivity index (χ1v) is 10.9. The zero-order valence-electron chi connectivity index (χ0n) is 17.5. The number of hydrogen-bond donors (Lipinski definition) is 2. The maximum absolute atomic E-state index is 13.4. The number of carbonyl (C=O) groups excluding carboxylic acids is 3. The summed E-state index contributed by atoms with van der Waals surface area (Å²) in [5.41, 5.74) is -1.10. The molecule has 0 saturated carbocycles. The van der Waals surface area contributed by atoms with Crippen molar-refractivity contribution in [2.24, 2.45) is 5.92 Å². The second-order valence-electron chi connectivity index (χ2n) is 7.34. The Bertz CT molecular complexity index is 1130. The molecule has 1 aliphatic carbocycles. The van der Waals surface area contributed by atoms with Crippen molar-refractivity contribution in [3.05, 3.63) is 40.0 Å². The van der Waals surface area contributed by atoms with Gasteiger partial charge in [0.05, 0.1) is 20.8 Å². The lowest BCUT2D eigenvalue weighted by atomic mass is 9.74. The zero-order valence-corrected chi connectivity index (χ0v) is 19.1. The largest absolute Gasteiger partial charge is 0.496 e. The third-order valence-electron chi connectivity index (χ3n) is 5.46. The third-order valence-corrected chi connectivity index (χ3v) is 6.51. The number of nitrogens with one attached hydrogen (secondary N) is 2. The van der Waals surface area contributed by atoms with E-state index in [1.165, 1.54) is 37.7 Å². The van der Waals surface area contributed by atoms with Crippen molar-refractivity contribution >= 4 is 45.5 Å². The number of aromatic nitrogens is 1. The van der Waals surface area contributed by atoms with Gasteiger partial charge in [-0.15, -0.1) is 11.3 Å². The van der Waals surface area contributed by atoms with Crippen LogP contribution in [0, 0.1) is 5.92 Å². The van der Waals surface area contributed by atoms with E-state index in [1.54, 1.807) is 18.5 Å². The molecule has 0 unspecified atom stereocenters. The minimum absolute atomic E-state index is 0.0513. The van der Waals surface area contributed by atoms with Crippen LogP contribution < -0.4 is 24.8 Å². The standard InChI is InChI=1S/C21H20ClN3O6S/c1-10-6-11(24-9-15(27)25-20-23-4-5-32-20)7-14(26)21(10)19(28)16-12(29-2)8-13(30-3)17(22)18(16)31-21/h4-5,7-8,10,24H,6,9H2,1-3H3,(H,23,25,27)/t10-,21+/m1/s1. The molecule has 2 aromatic rings. The first kappa shape index (κ1) is 22.1. The molecule has 11 heteroatoms. The van der Waals surface area contributed by atoms with E-state index in [1.807, 2.05) is 0 Å². The Morgan fingerprint density at radius 2 is 2.09 bits per heavy atom. The highest BCUT2D eigenvalue weighted by atomic mass is 35.5. The molecule has 0 bridgehead atoms. The van der Waals surface area contributed by atoms with Gasteiger partial charge in [-0.2, -0.15) is 0 Å². The fourth-order valence-corrected chi connectivity index (χ4v) is 4.70. The Kier molecular flexibility index (Phi) is 5.83. The number of hydrogen-bond acceptors (Lipinski definition) is 9. The zero-order chi connectivity index (χ0) is 23.0. The number of benzene rings is 1. The van der Waals surface area contributed by atoms with Crippen molar-refractivity contribution in [1.82, 2.24) is 10.3 Å². The summed E-state index contributed by atoms with van der Waals surface area (Å²) in [6.07, 6.45) is 3.20. The quantitative estimate of drug-likeness (QED) is 0.610. The number of methoxy groups -OCH3 is 2. The Balaban J connectivity index is 1.57. The molecule has 2 N–H and O–H groups in total. The number of halogens is 1. The van der Waals surface area contributed by atoms with Crippen molar-refractivity contribution in [2.45, 2.75) is 18.9 Å². The van der Waals surface area contributed by atoms with Gasteiger partial charge in [-0.1, -0.05) is 18.5 Å². The van der Waals surface area contributed by atoms with Crippen molar-refractivity contribution in [3.8, 4) is 17.2 Å². The number of Topliss-reactive ketones (excluding diaryl/α,β-unsaturated/α-hetero) is 1. The van der Waals surface area contributed by atoms with Crippen LogP contribution in [0.1, 0.15) is 23.7 Å². The van der Waals surface area contributed by atoms with E-state index in [9.17, 15) is 14.4 Å². The highest BCUT2D eigenvalue weighted by Gasteiger charge is 2.60. The third kappa shape index (κ3) is 3.49. The van der Waals surface area contributed by atoms with Crippen LogP contribution in [0.4, 0.5) is 5.13 Å². The highest BCUT2D eigenvalue weighted by molar-refractivity contribution is 7.13. The molecule has 0 radical (unpaired) electrons. The van der Waals surface area contributed by atoms with Gasteiger partial charge >= 0.3 is 0 Å². The molecule has 32 heavy (non-hydrogen) atoms. The molecule has 9 nitrogen and oxygen atoms in total. The van der Waals surface area contributed by atoms with Gasteiger partial charge in [0.15, 0.2) is 10.9 Å². The van der Waals surface area contributed by atoms with Gasteiger partial charge in [0, 0.05) is 35.3 Å². The van der Waals surface area contributed by atoms with Crippen LogP contribution in [0.15, 0.2) is 29.4 Å². The van der Waals surface area contributed by atoms with E-state index in [-0.39, 0.29) is 40.3 Å². The second-order valence-corrected chi connectivity index (χ2v) is 8.62. The van der Waals surface area contributed by atoms with Crippen LogP contribution in [0.5, 0.6) is 17.2 Å². The lowest BCUT2D eigenvalue weighted by molar-refractivity contribution is -0.129. The van der Waals surface area contributed by atoms with Gasteiger partial charge in [-0.05, 0) is 6.42 Å². The van der Waals surface area contributed by atoms with Gasteiger partial charge < -0.3 is 24.8 Å². The van der Waals surface area contributed by atoms with Gasteiger partial charge in [0.2, 0.25) is 23.1 Å². The normalized spacial score (nSPS) is 21.6. The van der Waals surface area contributed by atoms with Crippen LogP contribution >= 0.6 is 22.9 Å². The maximum Gasteiger partial charge on any atom is 0.245 e. The fraction of sp³-hybridized carbons (Fsp3) is 0.333. The topological polar surface area (TPSA) is 116 Å². The van der Waals surface area contributed by atoms with Crippen molar-refractivity contribution < 1.29 is 28.6 Å². The molecule has 0 saturated heterocycles. The smallest absolute Gasteiger partial charge is 0.245 e. The van der Waals surface area contributed by atoms with Crippen molar-refractivity contribution in [2.75, 3.05) is 26.1 Å². The molecule has 1 spiro atoms. The van der Waals surface area contributed by atoms with E-state index < -0.39 is 23.1 Å². The van der Waals surface area contributed by atoms with Crippen LogP contribution in [0.2, 0.25) is 5.02 Å². The van der Waals surface area contributed by atoms with Gasteiger partial charge in [-0.25, -0.2) is 4.98 Å². The van der Waals surface area contributed by atoms with Crippen LogP contribution in [-0.4, -0.2) is 48.8 Å². The van der Waals surface area contributed by atoms with Gasteiger partial charge in [0.25, 0.3) is 0 Å². The molecule has 1 aliphatic heterocycles. The number of rotatable bonds is 6. The Hall–Kier alpha value is -3.11. The summed E-state index contributed by atoms with van der Waals surface area (Å²) < 4.78 is 16.5. The molecule has 168 valence electrons. The van der Waals surface area contributed by atoms with Crippen molar-refractivity contribution in [1.29, 1.82) is 0 Å². The SMILES string of the molecule is COc1cc(OC)c2c(c1Cl)O[C@@]1(C(=O)C=C(NCC(=O)Nc3nccs3)C[C@H]1C)C2=O. The molecular weight excluding hydrogens is 458 g/mol. The summed E-state index contributed by atoms with van der Waals surface area (Å²) in [7, 11) is 2.84. The Morgan fingerprint density at radius 1 is 1.34 bits per heavy atom. The molecule has 1 aromatic heterocycles. The first-order chi connectivity index (χ1) is 15.3. The summed E-state index contributed by atoms with van der Waals surface area (Å²) in [4.78, 5) is 42.7. The first-order valence-electron chi connectivity index (χ1n) is 9.68. The Labute approximate surface area is 192 Å². The minimum atomic E-state index is -1.75. The molecule has 2 heterocycles. The monoisotopic (exact) mass is 477 g/mol. The lowest BCUT2D eigenvalue weighted by Gasteiger charge is -2.35. The maximum atomic E-state index is 13.4. The van der Waals surface area contributed by atoms with Gasteiger partial charge in [0.1, 0.15) is 22.1 Å². The summed E-state index contributed by atoms with van der Waals surface area (Å²) in [5, 5.41) is 7.95. The predicted octanol–water partition coefficient (Wildman–Crippen LogP) is 2.85. The van der Waals surface area contributed by atoms with Crippen molar-refractivity contribution in [3.63, 3.8) is 0 Å². The summed E-state index contributed by atoms with van der Waals surface area (Å²) >= 11 is 7.68. The number of thiazole rings is 1. The number of ketones is 2. The average molecular weight is 478 g/mol. The second kappa shape index (κ2) is 8.44. The molecular formula is C21H20ClN3O6S. The molecule has 4 rings (SSSR count). The van der Waals surface area contributed by atoms with Crippen LogP contribution in [0.3, 0.4) is 0 Å². The van der Waals surface area contributed by atoms with E-state index in [4.69, 9.17) is 25.8 Å². The van der Waals surface area contributed by atoms with E-state index in [0.717, 1.165) is 0 Å². The fourth-order valence-electron chi connectivity index (χ4n) is 3.89. The molecule has 1 amide bonds. The highest BCUT2D eigenvalue weighted by Crippen LogP contribution is 2.52. The van der Waals surface area contributed by atoms with Gasteiger partial charge in [-0.3, -0.25) is 14.4 Å². The number of allylic oxidation sites excluding steroid dienone is 1. The number of carbonyl (C=O) groups is 3. The predicted molar refractivity (Wildman–Crippen MR) is 118 cm³/mol. The summed E-state index contributed by atoms with van der Waals surface area (Å²) in [6.45, 7) is 1.69. The Morgan fingerprint density at radius 3 is 2.72 bits per heavy atom. The van der Waals surface area contributed by atoms with Crippen LogP contribution in [-0.2, 0) is 9.59 Å². The van der Waals surface area contributed by atoms with E-state index in [2.05, 4.69) is 15.6 Å². The van der Waals surface area contributed by atoms with E-state index in [0.29, 0.717) is 17.2 Å². The number of fused-ring (bicyclic) bond motifs is 1. The van der Waals surface area contributed by atoms with Crippen LogP contribution in [0.25, 0.3) is 0 Å². The minimum Gasteiger partial charge on any atom is -0.496 e. The number of ether oxygens (including phenoxy) is 3. The lowest BCUT2D eigenvalue weighted by Crippen LogP contribution is -2.55. The number of nitrogens with zero attached hydrogens (tertiary/aromatic N) is 1. The summed E-state index contributed by atoms with van der Waals surface area (Å²) in [5.74, 6) is -1.31. The number of anilines is 1. The molecule has 2 atom stereocenters. The molecule has 0 fully saturated rings. The number of amides is 1. The van der Waals surface area contributed by atoms with E-state index >= 15 is 0 Å². The molecule has 1 aromatic carbocycles. The average Bonchev–Trinajstić information content (AvgIpc) is 3.38.